The minimum Gasteiger partial charge on any atom is -0.443 e. The highest BCUT2D eigenvalue weighted by Crippen LogP contribution is 2.49. The molecule has 1 aromatic carbocycles. The maximum atomic E-state index is 13.1. The summed E-state index contributed by atoms with van der Waals surface area (Å²) in [6.07, 6.45) is 1.23. The molecule has 136 valence electrons. The third-order valence-corrected chi connectivity index (χ3v) is 5.40. The van der Waals surface area contributed by atoms with Gasteiger partial charge in [0.2, 0.25) is 5.91 Å². The number of aromatic nitrogens is 1. The number of pyridine rings is 1. The fourth-order valence-electron chi connectivity index (χ4n) is 3.86. The average molecular weight is 418 g/mol. The van der Waals surface area contributed by atoms with Crippen molar-refractivity contribution < 1.29 is 14.3 Å². The summed E-state index contributed by atoms with van der Waals surface area (Å²) < 4.78 is 6.30. The first-order valence-electron chi connectivity index (χ1n) is 8.47. The molecule has 6 nitrogen and oxygen atoms in total. The van der Waals surface area contributed by atoms with Crippen LogP contribution in [0.15, 0.2) is 28.9 Å². The van der Waals surface area contributed by atoms with Crippen molar-refractivity contribution in [1.82, 2.24) is 9.88 Å². The van der Waals surface area contributed by atoms with Crippen molar-refractivity contribution in [1.29, 1.82) is 0 Å². The van der Waals surface area contributed by atoms with Crippen LogP contribution in [-0.2, 0) is 14.9 Å². The third kappa shape index (κ3) is 2.40. The summed E-state index contributed by atoms with van der Waals surface area (Å²) in [7, 11) is 1.95. The topological polar surface area (TPSA) is 62.7 Å². The van der Waals surface area contributed by atoms with Crippen LogP contribution in [0.4, 0.5) is 10.5 Å². The molecular weight excluding hydrogens is 398 g/mol. The first kappa shape index (κ1) is 17.3. The van der Waals surface area contributed by atoms with Gasteiger partial charge in [0.15, 0.2) is 0 Å². The van der Waals surface area contributed by atoms with Gasteiger partial charge < -0.3 is 9.64 Å². The number of ether oxygens (including phenoxy) is 1. The molecular formula is C19H20BrN3O3. The monoisotopic (exact) mass is 417 g/mol. The van der Waals surface area contributed by atoms with Crippen LogP contribution in [-0.4, -0.2) is 47.6 Å². The zero-order valence-electron chi connectivity index (χ0n) is 15.2. The van der Waals surface area contributed by atoms with Gasteiger partial charge in [0.05, 0.1) is 23.9 Å². The molecule has 2 aliphatic heterocycles. The van der Waals surface area contributed by atoms with E-state index in [4.69, 9.17) is 4.74 Å². The van der Waals surface area contributed by atoms with E-state index < -0.39 is 17.1 Å². The van der Waals surface area contributed by atoms with Gasteiger partial charge in [-0.05, 0) is 39.0 Å². The number of anilines is 1. The predicted octanol–water partition coefficient (Wildman–Crippen LogP) is 3.46. The van der Waals surface area contributed by atoms with Crippen molar-refractivity contribution >= 4 is 44.5 Å². The second kappa shape index (κ2) is 5.42. The molecule has 0 saturated carbocycles. The minimum atomic E-state index is -0.719. The number of β-lactam (4-membered cyclic amide) rings is 1. The lowest BCUT2D eigenvalue weighted by Crippen LogP contribution is -2.67. The zero-order chi connectivity index (χ0) is 18.9. The van der Waals surface area contributed by atoms with Crippen LogP contribution in [0.2, 0.25) is 0 Å². The van der Waals surface area contributed by atoms with Crippen molar-refractivity contribution in [2.75, 3.05) is 25.0 Å². The van der Waals surface area contributed by atoms with E-state index >= 15 is 0 Å². The Morgan fingerprint density at radius 3 is 2.69 bits per heavy atom. The number of benzene rings is 1. The fraction of sp³-hybridized carbons (Fsp3) is 0.421. The Morgan fingerprint density at radius 2 is 2.04 bits per heavy atom. The van der Waals surface area contributed by atoms with Crippen LogP contribution in [0.5, 0.6) is 0 Å². The molecule has 1 saturated heterocycles. The number of fused-ring (bicyclic) bond motifs is 4. The van der Waals surface area contributed by atoms with Gasteiger partial charge in [-0.3, -0.25) is 9.78 Å². The number of likely N-dealkylation sites (N-methyl/N-ethyl adjacent to an activating group) is 1. The molecule has 3 heterocycles. The Balaban J connectivity index is 1.77. The summed E-state index contributed by atoms with van der Waals surface area (Å²) in [4.78, 5) is 33.2. The Kier molecular flexibility index (Phi) is 3.60. The predicted molar refractivity (Wildman–Crippen MR) is 102 cm³/mol. The largest absolute Gasteiger partial charge is 0.443 e. The molecule has 7 heteroatoms. The van der Waals surface area contributed by atoms with E-state index in [9.17, 15) is 9.59 Å². The van der Waals surface area contributed by atoms with Crippen LogP contribution in [0.1, 0.15) is 26.3 Å². The highest BCUT2D eigenvalue weighted by Gasteiger charge is 2.61. The molecule has 0 N–H and O–H groups in total. The molecule has 1 spiro atoms. The molecule has 2 aliphatic rings. The minimum absolute atomic E-state index is 0.204. The van der Waals surface area contributed by atoms with Crippen molar-refractivity contribution in [3.8, 4) is 0 Å². The van der Waals surface area contributed by atoms with E-state index in [1.54, 1.807) is 20.8 Å². The smallest absolute Gasteiger partial charge is 0.417 e. The molecule has 1 aromatic heterocycles. The number of amides is 2. The van der Waals surface area contributed by atoms with E-state index in [1.807, 2.05) is 36.3 Å². The molecule has 1 fully saturated rings. The Hall–Kier alpha value is -2.15. The SMILES string of the molecule is CN1CC2(CN(C(=O)OC(C)(C)C)C2=O)c2c1cnc1ccc(Br)cc21. The summed E-state index contributed by atoms with van der Waals surface area (Å²) in [5, 5.41) is 0.943. The Labute approximate surface area is 160 Å². The summed E-state index contributed by atoms with van der Waals surface area (Å²) in [6, 6.07) is 5.86. The summed E-state index contributed by atoms with van der Waals surface area (Å²) >= 11 is 3.51. The highest BCUT2D eigenvalue weighted by atomic mass is 79.9. The van der Waals surface area contributed by atoms with Crippen LogP contribution < -0.4 is 4.90 Å². The number of hydrogen-bond donors (Lipinski definition) is 0. The lowest BCUT2D eigenvalue weighted by molar-refractivity contribution is -0.148. The van der Waals surface area contributed by atoms with E-state index in [0.717, 1.165) is 26.6 Å². The van der Waals surface area contributed by atoms with Gasteiger partial charge >= 0.3 is 6.09 Å². The van der Waals surface area contributed by atoms with E-state index in [-0.39, 0.29) is 5.91 Å². The quantitative estimate of drug-likeness (QED) is 0.614. The summed E-state index contributed by atoms with van der Waals surface area (Å²) in [5.74, 6) is -0.204. The first-order chi connectivity index (χ1) is 12.1. The van der Waals surface area contributed by atoms with Gasteiger partial charge in [-0.2, -0.15) is 0 Å². The molecule has 0 aliphatic carbocycles. The van der Waals surface area contributed by atoms with Gasteiger partial charge in [-0.1, -0.05) is 15.9 Å². The average Bonchev–Trinajstić information content (AvgIpc) is 2.86. The van der Waals surface area contributed by atoms with E-state index in [2.05, 4.69) is 20.9 Å². The first-order valence-corrected chi connectivity index (χ1v) is 9.26. The summed E-state index contributed by atoms with van der Waals surface area (Å²) in [5.41, 5.74) is 1.38. The Morgan fingerprint density at radius 1 is 1.31 bits per heavy atom. The lowest BCUT2D eigenvalue weighted by Gasteiger charge is -2.45. The standard InChI is InChI=1S/C19H20BrN3O3/c1-18(2,3)26-17(25)23-10-19(16(23)24)9-22(4)14-8-21-13-6-5-11(20)7-12(13)15(14)19/h5-8H,9-10H2,1-4H3. The second-order valence-corrected chi connectivity index (χ2v) is 8.91. The van der Waals surface area contributed by atoms with Crippen LogP contribution in [0, 0.1) is 0 Å². The number of halogens is 1. The molecule has 4 rings (SSSR count). The van der Waals surface area contributed by atoms with Crippen molar-refractivity contribution in [3.63, 3.8) is 0 Å². The third-order valence-electron chi connectivity index (χ3n) is 4.90. The molecule has 26 heavy (non-hydrogen) atoms. The zero-order valence-corrected chi connectivity index (χ0v) is 16.8. The maximum absolute atomic E-state index is 13.1. The van der Waals surface area contributed by atoms with Crippen molar-refractivity contribution in [2.24, 2.45) is 0 Å². The molecule has 2 aromatic rings. The number of rotatable bonds is 0. The van der Waals surface area contributed by atoms with Crippen molar-refractivity contribution in [3.05, 3.63) is 34.4 Å². The fourth-order valence-corrected chi connectivity index (χ4v) is 4.22. The number of carbonyl (C=O) groups is 2. The van der Waals surface area contributed by atoms with Gasteiger partial charge in [0.1, 0.15) is 11.0 Å². The van der Waals surface area contributed by atoms with Crippen LogP contribution in [0.3, 0.4) is 0 Å². The van der Waals surface area contributed by atoms with Gasteiger partial charge in [-0.15, -0.1) is 0 Å². The normalized spacial score (nSPS) is 22.0. The van der Waals surface area contributed by atoms with Gasteiger partial charge in [0, 0.05) is 29.0 Å². The maximum Gasteiger partial charge on any atom is 0.417 e. The molecule has 2 amide bonds. The van der Waals surface area contributed by atoms with E-state index in [0.29, 0.717) is 13.1 Å². The number of imide groups is 1. The van der Waals surface area contributed by atoms with Gasteiger partial charge in [-0.25, -0.2) is 9.69 Å². The molecule has 1 atom stereocenters. The second-order valence-electron chi connectivity index (χ2n) is 7.99. The molecule has 1 unspecified atom stereocenters. The van der Waals surface area contributed by atoms with Gasteiger partial charge in [0.25, 0.3) is 0 Å². The summed E-state index contributed by atoms with van der Waals surface area (Å²) in [6.45, 7) is 6.23. The number of carbonyl (C=O) groups excluding carboxylic acids is 2. The highest BCUT2D eigenvalue weighted by molar-refractivity contribution is 9.10. The number of likely N-dealkylation sites (tertiary alicyclic amines) is 1. The molecule has 0 bridgehead atoms. The van der Waals surface area contributed by atoms with Crippen molar-refractivity contribution in [2.45, 2.75) is 31.8 Å². The lowest BCUT2D eigenvalue weighted by atomic mass is 9.73. The molecule has 0 radical (unpaired) electrons. The van der Waals surface area contributed by atoms with Crippen LogP contribution >= 0.6 is 15.9 Å². The number of hydrogen-bond acceptors (Lipinski definition) is 5. The van der Waals surface area contributed by atoms with Crippen LogP contribution in [0.25, 0.3) is 10.9 Å². The van der Waals surface area contributed by atoms with E-state index in [1.165, 1.54) is 4.90 Å². The number of nitrogens with zero attached hydrogens (tertiary/aromatic N) is 3. The Bertz CT molecular complexity index is 953.